The Bertz CT molecular complexity index is 756. The van der Waals surface area contributed by atoms with Crippen LogP contribution in [0, 0.1) is 0 Å². The molecule has 26 heavy (non-hydrogen) atoms. The van der Waals surface area contributed by atoms with Gasteiger partial charge in [-0.2, -0.15) is 0 Å². The second-order valence-corrected chi connectivity index (χ2v) is 6.82. The molecule has 1 aliphatic heterocycles. The lowest BCUT2D eigenvalue weighted by molar-refractivity contribution is -0.917. The van der Waals surface area contributed by atoms with Crippen LogP contribution in [0.4, 0.5) is 0 Å². The van der Waals surface area contributed by atoms with Gasteiger partial charge in [0, 0.05) is 10.6 Å². The van der Waals surface area contributed by atoms with Crippen LogP contribution in [-0.2, 0) is 6.54 Å². The number of ether oxygens (including phenoxy) is 2. The average Bonchev–Trinajstić information content (AvgIpc) is 2.69. The van der Waals surface area contributed by atoms with E-state index in [-0.39, 0.29) is 5.91 Å². The summed E-state index contributed by atoms with van der Waals surface area (Å²) in [6.07, 6.45) is 0. The number of carbonyl (C=O) groups excluding carboxylic acids is 1. The molecule has 1 amide bonds. The van der Waals surface area contributed by atoms with Gasteiger partial charge in [-0.05, 0) is 24.3 Å². The zero-order chi connectivity index (χ0) is 18.5. The quantitative estimate of drug-likeness (QED) is 0.868. The van der Waals surface area contributed by atoms with Crippen molar-refractivity contribution in [2.24, 2.45) is 0 Å². The lowest BCUT2D eigenvalue weighted by atomic mass is 10.1. The normalized spacial score (nSPS) is 15.0. The Kier molecular flexibility index (Phi) is 6.01. The number of para-hydroxylation sites is 1. The maximum Gasteiger partial charge on any atom is 0.258 e. The molecular weight excluding hydrogens is 352 g/mol. The van der Waals surface area contributed by atoms with E-state index in [1.165, 1.54) is 10.5 Å². The largest absolute Gasteiger partial charge is 0.493 e. The first kappa shape index (κ1) is 18.5. The van der Waals surface area contributed by atoms with Crippen LogP contribution >= 0.6 is 11.6 Å². The molecule has 0 radical (unpaired) electrons. The van der Waals surface area contributed by atoms with Crippen molar-refractivity contribution >= 4 is 17.5 Å². The van der Waals surface area contributed by atoms with Crippen LogP contribution in [0.2, 0.25) is 5.02 Å². The monoisotopic (exact) mass is 375 g/mol. The van der Waals surface area contributed by atoms with E-state index in [0.717, 1.165) is 37.7 Å². The molecule has 138 valence electrons. The minimum atomic E-state index is -0.00806. The molecule has 0 saturated carbocycles. The Hall–Kier alpha value is -2.24. The third-order valence-corrected chi connectivity index (χ3v) is 5.01. The summed E-state index contributed by atoms with van der Waals surface area (Å²) in [5.41, 5.74) is 1.81. The predicted molar refractivity (Wildman–Crippen MR) is 101 cm³/mol. The van der Waals surface area contributed by atoms with Crippen molar-refractivity contribution < 1.29 is 19.2 Å². The van der Waals surface area contributed by atoms with Gasteiger partial charge < -0.3 is 19.3 Å². The first-order chi connectivity index (χ1) is 12.6. The lowest BCUT2D eigenvalue weighted by Gasteiger charge is -2.32. The number of rotatable bonds is 5. The zero-order valence-electron chi connectivity index (χ0n) is 15.1. The molecule has 6 heteroatoms. The van der Waals surface area contributed by atoms with E-state index in [2.05, 4.69) is 12.1 Å². The summed E-state index contributed by atoms with van der Waals surface area (Å²) in [5, 5.41) is 0.756. The standard InChI is InChI=1S/C20H23ClN2O3/c1-25-18-5-3-4-17(19(18)26-2)20(24)23-12-10-22(11-13-23)14-15-6-8-16(21)9-7-15/h3-9H,10-14H2,1-2H3/p+1. The molecule has 1 aliphatic rings. The topological polar surface area (TPSA) is 43.2 Å². The second kappa shape index (κ2) is 8.43. The first-order valence-corrected chi connectivity index (χ1v) is 9.08. The molecule has 0 aromatic heterocycles. The van der Waals surface area contributed by atoms with Crippen molar-refractivity contribution in [2.45, 2.75) is 6.54 Å². The van der Waals surface area contributed by atoms with E-state index in [4.69, 9.17) is 21.1 Å². The van der Waals surface area contributed by atoms with Crippen LogP contribution in [0.25, 0.3) is 0 Å². The predicted octanol–water partition coefficient (Wildman–Crippen LogP) is 1.90. The van der Waals surface area contributed by atoms with Crippen LogP contribution < -0.4 is 14.4 Å². The number of hydrogen-bond donors (Lipinski definition) is 1. The fourth-order valence-electron chi connectivity index (χ4n) is 3.32. The van der Waals surface area contributed by atoms with Crippen LogP contribution in [0.3, 0.4) is 0 Å². The number of carbonyl (C=O) groups is 1. The van der Waals surface area contributed by atoms with Crippen molar-refractivity contribution in [1.29, 1.82) is 0 Å². The third kappa shape index (κ3) is 4.11. The molecule has 0 spiro atoms. The smallest absolute Gasteiger partial charge is 0.258 e. The minimum absolute atomic E-state index is 0.00806. The number of nitrogens with zero attached hydrogens (tertiary/aromatic N) is 1. The number of quaternary nitrogens is 1. The van der Waals surface area contributed by atoms with Crippen LogP contribution in [-0.4, -0.2) is 51.2 Å². The summed E-state index contributed by atoms with van der Waals surface area (Å²) in [5.74, 6) is 1.06. The Balaban J connectivity index is 1.63. The number of amides is 1. The molecular formula is C20H24ClN2O3+. The molecule has 0 unspecified atom stereocenters. The highest BCUT2D eigenvalue weighted by atomic mass is 35.5. The van der Waals surface area contributed by atoms with Crippen molar-refractivity contribution in [1.82, 2.24) is 4.90 Å². The molecule has 0 atom stereocenters. The van der Waals surface area contributed by atoms with Gasteiger partial charge in [0.1, 0.15) is 6.54 Å². The highest BCUT2D eigenvalue weighted by molar-refractivity contribution is 6.30. The lowest BCUT2D eigenvalue weighted by Crippen LogP contribution is -3.13. The van der Waals surface area contributed by atoms with E-state index in [0.29, 0.717) is 17.1 Å². The Morgan fingerprint density at radius 3 is 2.38 bits per heavy atom. The summed E-state index contributed by atoms with van der Waals surface area (Å²) in [4.78, 5) is 16.3. The van der Waals surface area contributed by atoms with Gasteiger partial charge in [0.15, 0.2) is 11.5 Å². The van der Waals surface area contributed by atoms with E-state index in [1.807, 2.05) is 23.1 Å². The SMILES string of the molecule is COc1cccc(C(=O)N2CC[NH+](Cc3ccc(Cl)cc3)CC2)c1OC. The maximum absolute atomic E-state index is 12.9. The number of benzene rings is 2. The maximum atomic E-state index is 12.9. The second-order valence-electron chi connectivity index (χ2n) is 6.39. The zero-order valence-corrected chi connectivity index (χ0v) is 15.9. The van der Waals surface area contributed by atoms with Crippen molar-refractivity contribution in [3.8, 4) is 11.5 Å². The van der Waals surface area contributed by atoms with Gasteiger partial charge in [0.25, 0.3) is 5.91 Å². The Morgan fingerprint density at radius 1 is 1.08 bits per heavy atom. The van der Waals surface area contributed by atoms with E-state index < -0.39 is 0 Å². The Labute approximate surface area is 159 Å². The molecule has 3 rings (SSSR count). The molecule has 2 aromatic rings. The van der Waals surface area contributed by atoms with Crippen LogP contribution in [0.1, 0.15) is 15.9 Å². The number of piperazine rings is 1. The number of halogens is 1. The molecule has 0 aliphatic carbocycles. The molecule has 1 saturated heterocycles. The van der Waals surface area contributed by atoms with Crippen molar-refractivity contribution in [3.63, 3.8) is 0 Å². The van der Waals surface area contributed by atoms with Crippen molar-refractivity contribution in [3.05, 3.63) is 58.6 Å². The fraction of sp³-hybridized carbons (Fsp3) is 0.350. The number of hydrogen-bond acceptors (Lipinski definition) is 3. The first-order valence-electron chi connectivity index (χ1n) is 8.70. The van der Waals surface area contributed by atoms with Gasteiger partial charge in [-0.25, -0.2) is 0 Å². The van der Waals surface area contributed by atoms with Gasteiger partial charge in [0.05, 0.1) is 46.0 Å². The van der Waals surface area contributed by atoms with E-state index in [9.17, 15) is 4.79 Å². The van der Waals surface area contributed by atoms with Gasteiger partial charge in [-0.15, -0.1) is 0 Å². The van der Waals surface area contributed by atoms with Crippen LogP contribution in [0.15, 0.2) is 42.5 Å². The highest BCUT2D eigenvalue weighted by Crippen LogP contribution is 2.31. The van der Waals surface area contributed by atoms with E-state index >= 15 is 0 Å². The third-order valence-electron chi connectivity index (χ3n) is 4.76. The van der Waals surface area contributed by atoms with Gasteiger partial charge in [-0.3, -0.25) is 4.79 Å². The van der Waals surface area contributed by atoms with Gasteiger partial charge in [-0.1, -0.05) is 29.8 Å². The van der Waals surface area contributed by atoms with Gasteiger partial charge in [0.2, 0.25) is 0 Å². The van der Waals surface area contributed by atoms with Crippen molar-refractivity contribution in [2.75, 3.05) is 40.4 Å². The molecule has 1 fully saturated rings. The summed E-state index contributed by atoms with van der Waals surface area (Å²) in [7, 11) is 3.13. The molecule has 1 heterocycles. The Morgan fingerprint density at radius 2 is 1.77 bits per heavy atom. The highest BCUT2D eigenvalue weighted by Gasteiger charge is 2.27. The minimum Gasteiger partial charge on any atom is -0.493 e. The fourth-order valence-corrected chi connectivity index (χ4v) is 3.45. The molecule has 0 bridgehead atoms. The number of methoxy groups -OCH3 is 2. The average molecular weight is 376 g/mol. The summed E-state index contributed by atoms with van der Waals surface area (Å²) in [6.45, 7) is 4.23. The molecule has 1 N–H and O–H groups in total. The summed E-state index contributed by atoms with van der Waals surface area (Å²) < 4.78 is 10.7. The molecule has 5 nitrogen and oxygen atoms in total. The summed E-state index contributed by atoms with van der Waals surface area (Å²) >= 11 is 5.94. The summed E-state index contributed by atoms with van der Waals surface area (Å²) in [6, 6.07) is 13.4. The molecule has 2 aromatic carbocycles. The van der Waals surface area contributed by atoms with Gasteiger partial charge >= 0.3 is 0 Å². The van der Waals surface area contributed by atoms with E-state index in [1.54, 1.807) is 26.4 Å². The van der Waals surface area contributed by atoms with Crippen LogP contribution in [0.5, 0.6) is 11.5 Å². The number of nitrogens with one attached hydrogen (secondary N) is 1.